The number of amides is 2. The fourth-order valence-electron chi connectivity index (χ4n) is 4.41. The van der Waals surface area contributed by atoms with E-state index >= 15 is 0 Å². The van der Waals surface area contributed by atoms with Crippen LogP contribution in [-0.4, -0.2) is 47.8 Å². The number of benzene rings is 3. The Bertz CT molecular complexity index is 1250. The Morgan fingerprint density at radius 2 is 1.56 bits per heavy atom. The van der Waals surface area contributed by atoms with E-state index in [9.17, 15) is 4.79 Å². The first-order valence-corrected chi connectivity index (χ1v) is 11.8. The van der Waals surface area contributed by atoms with E-state index in [0.29, 0.717) is 19.6 Å². The van der Waals surface area contributed by atoms with Crippen LogP contribution in [-0.2, 0) is 0 Å². The molecule has 6 heteroatoms. The molecule has 34 heavy (non-hydrogen) atoms. The van der Waals surface area contributed by atoms with Crippen LogP contribution in [0.1, 0.15) is 28.7 Å². The largest absolute Gasteiger partial charge is 0.454 e. The van der Waals surface area contributed by atoms with Gasteiger partial charge in [-0.2, -0.15) is 0 Å². The smallest absolute Gasteiger partial charge is 0.321 e. The minimum absolute atomic E-state index is 0.0612. The highest BCUT2D eigenvalue weighted by molar-refractivity contribution is 6.04. The zero-order chi connectivity index (χ0) is 23.7. The molecule has 2 heterocycles. The standard InChI is InChI=1S/C28H30N4O2/c1-19-5-9-22(10-6-19)29-28(33)32-14-4-13-31(15-16-32)27-23-17-20(2)8-12-25(23)34-26-18-21(3)7-11-24(26)30-27/h5-12,17-18H,4,13-16H2,1-3H3,(H,29,33). The molecule has 2 amide bonds. The molecule has 0 aromatic heterocycles. The number of carbonyl (C=O) groups excluding carboxylic acids is 1. The Morgan fingerprint density at radius 3 is 2.38 bits per heavy atom. The van der Waals surface area contributed by atoms with Crippen LogP contribution in [0.4, 0.5) is 16.2 Å². The van der Waals surface area contributed by atoms with Crippen molar-refractivity contribution in [2.75, 3.05) is 31.5 Å². The van der Waals surface area contributed by atoms with Crippen LogP contribution in [0, 0.1) is 20.8 Å². The topological polar surface area (TPSA) is 57.2 Å². The fourth-order valence-corrected chi connectivity index (χ4v) is 4.41. The molecule has 0 radical (unpaired) electrons. The predicted molar refractivity (Wildman–Crippen MR) is 137 cm³/mol. The summed E-state index contributed by atoms with van der Waals surface area (Å²) in [5.41, 5.74) is 6.10. The van der Waals surface area contributed by atoms with Gasteiger partial charge in [-0.25, -0.2) is 9.79 Å². The Labute approximate surface area is 200 Å². The number of aryl methyl sites for hydroxylation is 3. The number of amidine groups is 1. The molecule has 1 N–H and O–H groups in total. The van der Waals surface area contributed by atoms with E-state index in [-0.39, 0.29) is 6.03 Å². The lowest BCUT2D eigenvalue weighted by Gasteiger charge is -2.25. The number of aliphatic imine (C=N–C) groups is 1. The van der Waals surface area contributed by atoms with Crippen molar-refractivity contribution in [2.24, 2.45) is 4.99 Å². The van der Waals surface area contributed by atoms with Gasteiger partial charge in [-0.3, -0.25) is 0 Å². The van der Waals surface area contributed by atoms with Gasteiger partial charge in [0, 0.05) is 31.9 Å². The van der Waals surface area contributed by atoms with E-state index in [1.54, 1.807) is 0 Å². The third-order valence-corrected chi connectivity index (χ3v) is 6.32. The van der Waals surface area contributed by atoms with Crippen LogP contribution in [0.2, 0.25) is 0 Å². The highest BCUT2D eigenvalue weighted by Crippen LogP contribution is 2.39. The molecule has 3 aromatic rings. The number of anilines is 1. The molecule has 1 fully saturated rings. The highest BCUT2D eigenvalue weighted by atomic mass is 16.5. The lowest BCUT2D eigenvalue weighted by atomic mass is 10.1. The molecule has 0 unspecified atom stereocenters. The van der Waals surface area contributed by atoms with Crippen LogP contribution >= 0.6 is 0 Å². The number of nitrogens with one attached hydrogen (secondary N) is 1. The molecule has 3 aromatic carbocycles. The molecular weight excluding hydrogens is 424 g/mol. The molecule has 0 spiro atoms. The summed E-state index contributed by atoms with van der Waals surface area (Å²) < 4.78 is 6.31. The Balaban J connectivity index is 1.39. The summed E-state index contributed by atoms with van der Waals surface area (Å²) in [5.74, 6) is 2.49. The lowest BCUT2D eigenvalue weighted by Crippen LogP contribution is -2.39. The van der Waals surface area contributed by atoms with Gasteiger partial charge in [0.1, 0.15) is 17.3 Å². The van der Waals surface area contributed by atoms with Crippen molar-refractivity contribution < 1.29 is 9.53 Å². The second-order valence-corrected chi connectivity index (χ2v) is 9.13. The van der Waals surface area contributed by atoms with E-state index < -0.39 is 0 Å². The maximum atomic E-state index is 12.9. The van der Waals surface area contributed by atoms with Gasteiger partial charge in [-0.05, 0) is 69.2 Å². The number of ether oxygens (including phenoxy) is 1. The highest BCUT2D eigenvalue weighted by Gasteiger charge is 2.26. The fraction of sp³-hybridized carbons (Fsp3) is 0.286. The summed E-state index contributed by atoms with van der Waals surface area (Å²) in [6, 6.07) is 20.2. The van der Waals surface area contributed by atoms with Crippen molar-refractivity contribution in [1.82, 2.24) is 9.80 Å². The van der Waals surface area contributed by atoms with E-state index in [1.165, 1.54) is 5.56 Å². The third kappa shape index (κ3) is 4.62. The second-order valence-electron chi connectivity index (χ2n) is 9.13. The zero-order valence-corrected chi connectivity index (χ0v) is 20.0. The van der Waals surface area contributed by atoms with Crippen molar-refractivity contribution in [3.05, 3.63) is 82.9 Å². The van der Waals surface area contributed by atoms with Gasteiger partial charge in [0.05, 0.1) is 5.56 Å². The quantitative estimate of drug-likeness (QED) is 0.488. The molecule has 0 saturated carbocycles. The predicted octanol–water partition coefficient (Wildman–Crippen LogP) is 6.04. The second kappa shape index (κ2) is 9.21. The summed E-state index contributed by atoms with van der Waals surface area (Å²) in [6.07, 6.45) is 0.864. The van der Waals surface area contributed by atoms with E-state index in [2.05, 4.69) is 42.3 Å². The zero-order valence-electron chi connectivity index (χ0n) is 20.0. The first-order valence-electron chi connectivity index (χ1n) is 11.8. The van der Waals surface area contributed by atoms with Crippen LogP contribution in [0.15, 0.2) is 65.7 Å². The normalized spacial score (nSPS) is 15.3. The molecule has 2 aliphatic rings. The summed E-state index contributed by atoms with van der Waals surface area (Å²) in [6.45, 7) is 9.03. The first kappa shape index (κ1) is 22.0. The molecule has 5 rings (SSSR count). The van der Waals surface area contributed by atoms with Crippen molar-refractivity contribution in [2.45, 2.75) is 27.2 Å². The van der Waals surface area contributed by atoms with Crippen LogP contribution in [0.25, 0.3) is 0 Å². The molecule has 0 aliphatic carbocycles. The van der Waals surface area contributed by atoms with Crippen LogP contribution in [0.3, 0.4) is 0 Å². The van der Waals surface area contributed by atoms with Crippen molar-refractivity contribution in [3.63, 3.8) is 0 Å². The van der Waals surface area contributed by atoms with Crippen molar-refractivity contribution in [1.29, 1.82) is 0 Å². The van der Waals surface area contributed by atoms with Crippen molar-refractivity contribution >= 4 is 23.2 Å². The maximum absolute atomic E-state index is 12.9. The third-order valence-electron chi connectivity index (χ3n) is 6.32. The van der Waals surface area contributed by atoms with E-state index in [0.717, 1.165) is 58.4 Å². The van der Waals surface area contributed by atoms with Gasteiger partial charge in [-0.15, -0.1) is 0 Å². The minimum Gasteiger partial charge on any atom is -0.454 e. The summed E-state index contributed by atoms with van der Waals surface area (Å²) in [7, 11) is 0. The molecular formula is C28H30N4O2. The maximum Gasteiger partial charge on any atom is 0.321 e. The van der Waals surface area contributed by atoms with Gasteiger partial charge in [0.2, 0.25) is 0 Å². The Kier molecular flexibility index (Phi) is 5.97. The van der Waals surface area contributed by atoms with Crippen LogP contribution in [0.5, 0.6) is 11.5 Å². The average molecular weight is 455 g/mol. The van der Waals surface area contributed by atoms with Gasteiger partial charge < -0.3 is 19.9 Å². The number of nitrogens with zero attached hydrogens (tertiary/aromatic N) is 3. The van der Waals surface area contributed by atoms with Gasteiger partial charge in [0.15, 0.2) is 5.75 Å². The first-order chi connectivity index (χ1) is 16.5. The molecule has 174 valence electrons. The number of hydrogen-bond donors (Lipinski definition) is 1. The number of fused-ring (bicyclic) bond motifs is 2. The average Bonchev–Trinajstić information content (AvgIpc) is 3.15. The van der Waals surface area contributed by atoms with Gasteiger partial charge >= 0.3 is 6.03 Å². The summed E-state index contributed by atoms with van der Waals surface area (Å²) in [4.78, 5) is 22.2. The van der Waals surface area contributed by atoms with Gasteiger partial charge in [0.25, 0.3) is 0 Å². The van der Waals surface area contributed by atoms with Crippen LogP contribution < -0.4 is 10.1 Å². The number of hydrogen-bond acceptors (Lipinski definition) is 4. The molecule has 6 nitrogen and oxygen atoms in total. The van der Waals surface area contributed by atoms with Crippen molar-refractivity contribution in [3.8, 4) is 11.5 Å². The molecule has 1 saturated heterocycles. The monoisotopic (exact) mass is 454 g/mol. The molecule has 2 aliphatic heterocycles. The Hall–Kier alpha value is -3.80. The van der Waals surface area contributed by atoms with E-state index in [4.69, 9.17) is 9.73 Å². The van der Waals surface area contributed by atoms with E-state index in [1.807, 2.05) is 54.3 Å². The SMILES string of the molecule is Cc1ccc(NC(=O)N2CCCN(C3=Nc4ccc(C)cc4Oc4ccc(C)cc43)CC2)cc1. The number of rotatable bonds is 1. The summed E-state index contributed by atoms with van der Waals surface area (Å²) >= 11 is 0. The molecule has 0 bridgehead atoms. The Morgan fingerprint density at radius 1 is 0.824 bits per heavy atom. The number of carbonyl (C=O) groups is 1. The number of urea groups is 1. The minimum atomic E-state index is -0.0612. The summed E-state index contributed by atoms with van der Waals surface area (Å²) in [5, 5.41) is 3.03. The molecule has 0 atom stereocenters. The van der Waals surface area contributed by atoms with Gasteiger partial charge in [-0.1, -0.05) is 35.4 Å². The lowest BCUT2D eigenvalue weighted by molar-refractivity contribution is 0.214.